The van der Waals surface area contributed by atoms with Gasteiger partial charge in [-0.05, 0) is 41.8 Å². The average Bonchev–Trinajstić information content (AvgIpc) is 3.37. The molecule has 2 aromatic carbocycles. The van der Waals surface area contributed by atoms with Gasteiger partial charge in [-0.25, -0.2) is 5.01 Å². The van der Waals surface area contributed by atoms with E-state index in [4.69, 9.17) is 14.3 Å². The Bertz CT molecular complexity index is 1030. The second-order valence-corrected chi connectivity index (χ2v) is 8.51. The molecule has 0 fully saturated rings. The Morgan fingerprint density at radius 2 is 1.93 bits per heavy atom. The lowest BCUT2D eigenvalue weighted by atomic mass is 9.96. The summed E-state index contributed by atoms with van der Waals surface area (Å²) in [6.07, 6.45) is 2.23. The van der Waals surface area contributed by atoms with Gasteiger partial charge in [0, 0.05) is 22.0 Å². The molecule has 5 rings (SSSR count). The quantitative estimate of drug-likeness (QED) is 0.475. The van der Waals surface area contributed by atoms with Crippen molar-refractivity contribution in [3.05, 3.63) is 87.8 Å². The zero-order valence-electron chi connectivity index (χ0n) is 15.8. The van der Waals surface area contributed by atoms with Crippen LogP contribution in [0.5, 0.6) is 5.75 Å². The molecule has 142 valence electrons. The smallest absolute Gasteiger partial charge is 0.213 e. The number of benzene rings is 2. The van der Waals surface area contributed by atoms with E-state index in [2.05, 4.69) is 65.1 Å². The monoisotopic (exact) mass is 436 g/mol. The normalized spacial score (nSPS) is 20.6. The SMILES string of the molecule is CC(C)c1ccc([C@@H]2Oc3ccc(Br)cc3[C@H]3CC(c4ccco4)=NN32)cc1. The van der Waals surface area contributed by atoms with Crippen molar-refractivity contribution in [2.45, 2.75) is 38.5 Å². The maximum absolute atomic E-state index is 6.42. The van der Waals surface area contributed by atoms with Gasteiger partial charge in [0.15, 0.2) is 0 Å². The van der Waals surface area contributed by atoms with Crippen molar-refractivity contribution in [2.24, 2.45) is 5.10 Å². The second-order valence-electron chi connectivity index (χ2n) is 7.60. The molecule has 0 radical (unpaired) electrons. The minimum absolute atomic E-state index is 0.121. The first kappa shape index (κ1) is 17.6. The molecule has 0 saturated carbocycles. The van der Waals surface area contributed by atoms with Gasteiger partial charge in [-0.15, -0.1) is 0 Å². The van der Waals surface area contributed by atoms with E-state index < -0.39 is 0 Å². The van der Waals surface area contributed by atoms with Crippen LogP contribution in [0.15, 0.2) is 74.9 Å². The molecule has 4 nitrogen and oxygen atoms in total. The van der Waals surface area contributed by atoms with Gasteiger partial charge in [0.25, 0.3) is 0 Å². The summed E-state index contributed by atoms with van der Waals surface area (Å²) in [6.45, 7) is 4.41. The maximum atomic E-state index is 6.42. The van der Waals surface area contributed by atoms with E-state index in [0.29, 0.717) is 5.92 Å². The van der Waals surface area contributed by atoms with Crippen LogP contribution in [0.4, 0.5) is 0 Å². The van der Waals surface area contributed by atoms with Crippen LogP contribution in [0.1, 0.15) is 60.9 Å². The lowest BCUT2D eigenvalue weighted by Crippen LogP contribution is -2.33. The van der Waals surface area contributed by atoms with Gasteiger partial charge in [-0.1, -0.05) is 54.0 Å². The Morgan fingerprint density at radius 1 is 1.11 bits per heavy atom. The standard InChI is InChI=1S/C23H21BrN2O2/c1-14(2)15-5-7-16(8-6-15)23-26-20(13-19(25-26)22-4-3-11-27-22)18-12-17(24)9-10-21(18)28-23/h3-12,14,20,23H,13H2,1-2H3/t20-,23+/m1/s1. The van der Waals surface area contributed by atoms with E-state index >= 15 is 0 Å². The lowest BCUT2D eigenvalue weighted by molar-refractivity contribution is -0.0190. The zero-order valence-corrected chi connectivity index (χ0v) is 17.4. The first-order chi connectivity index (χ1) is 13.6. The first-order valence-electron chi connectivity index (χ1n) is 9.56. The van der Waals surface area contributed by atoms with Crippen molar-refractivity contribution in [1.29, 1.82) is 0 Å². The Morgan fingerprint density at radius 3 is 2.64 bits per heavy atom. The van der Waals surface area contributed by atoms with Crippen molar-refractivity contribution in [2.75, 3.05) is 0 Å². The van der Waals surface area contributed by atoms with E-state index in [0.717, 1.165) is 39.2 Å². The van der Waals surface area contributed by atoms with E-state index in [1.54, 1.807) is 6.26 Å². The minimum Gasteiger partial charge on any atom is -0.464 e. The maximum Gasteiger partial charge on any atom is 0.213 e. The summed E-state index contributed by atoms with van der Waals surface area (Å²) in [6, 6.07) is 18.9. The highest BCUT2D eigenvalue weighted by molar-refractivity contribution is 9.10. The molecule has 0 unspecified atom stereocenters. The Hall–Kier alpha value is -2.53. The van der Waals surface area contributed by atoms with Crippen molar-refractivity contribution in [3.63, 3.8) is 0 Å². The minimum atomic E-state index is -0.257. The summed E-state index contributed by atoms with van der Waals surface area (Å²) in [5.41, 5.74) is 4.53. The molecule has 0 saturated heterocycles. The van der Waals surface area contributed by atoms with Crippen LogP contribution in [0.2, 0.25) is 0 Å². The highest BCUT2D eigenvalue weighted by Gasteiger charge is 2.41. The van der Waals surface area contributed by atoms with Gasteiger partial charge in [-0.3, -0.25) is 0 Å². The largest absolute Gasteiger partial charge is 0.464 e. The summed E-state index contributed by atoms with van der Waals surface area (Å²) in [7, 11) is 0. The van der Waals surface area contributed by atoms with E-state index in [-0.39, 0.29) is 12.3 Å². The predicted molar refractivity (Wildman–Crippen MR) is 112 cm³/mol. The fourth-order valence-electron chi connectivity index (χ4n) is 3.92. The van der Waals surface area contributed by atoms with Crippen LogP contribution < -0.4 is 4.74 Å². The molecule has 28 heavy (non-hydrogen) atoms. The van der Waals surface area contributed by atoms with Crippen LogP contribution >= 0.6 is 15.9 Å². The Labute approximate surface area is 172 Å². The molecular weight excluding hydrogens is 416 g/mol. The van der Waals surface area contributed by atoms with Crippen molar-refractivity contribution in [1.82, 2.24) is 5.01 Å². The number of hydrazone groups is 1. The molecule has 0 aliphatic carbocycles. The molecule has 3 aromatic rings. The van der Waals surface area contributed by atoms with Gasteiger partial charge < -0.3 is 9.15 Å². The summed E-state index contributed by atoms with van der Waals surface area (Å²) in [5, 5.41) is 6.99. The highest BCUT2D eigenvalue weighted by Crippen LogP contribution is 2.48. The molecule has 5 heteroatoms. The first-order valence-corrected chi connectivity index (χ1v) is 10.3. The number of hydrogen-bond donors (Lipinski definition) is 0. The number of furan rings is 1. The molecule has 0 N–H and O–H groups in total. The van der Waals surface area contributed by atoms with Crippen LogP contribution in [-0.4, -0.2) is 10.7 Å². The predicted octanol–water partition coefficient (Wildman–Crippen LogP) is 6.41. The molecule has 2 aliphatic rings. The molecule has 0 spiro atoms. The van der Waals surface area contributed by atoms with Crippen molar-refractivity contribution >= 4 is 21.6 Å². The highest BCUT2D eigenvalue weighted by atomic mass is 79.9. The topological polar surface area (TPSA) is 38.0 Å². The fraction of sp³-hybridized carbons (Fsp3) is 0.261. The number of rotatable bonds is 3. The number of fused-ring (bicyclic) bond motifs is 3. The summed E-state index contributed by atoms with van der Waals surface area (Å²) in [5.74, 6) is 2.24. The van der Waals surface area contributed by atoms with Gasteiger partial charge in [-0.2, -0.15) is 5.10 Å². The summed E-state index contributed by atoms with van der Waals surface area (Å²) >= 11 is 3.59. The Balaban J connectivity index is 1.57. The van der Waals surface area contributed by atoms with Crippen LogP contribution in [-0.2, 0) is 0 Å². The summed E-state index contributed by atoms with van der Waals surface area (Å²) < 4.78 is 13.1. The van der Waals surface area contributed by atoms with Crippen LogP contribution in [0.3, 0.4) is 0 Å². The van der Waals surface area contributed by atoms with Crippen LogP contribution in [0, 0.1) is 0 Å². The third-order valence-electron chi connectivity index (χ3n) is 5.45. The van der Waals surface area contributed by atoms with E-state index in [9.17, 15) is 0 Å². The van der Waals surface area contributed by atoms with Gasteiger partial charge in [0.05, 0.1) is 12.3 Å². The fourth-order valence-corrected chi connectivity index (χ4v) is 4.29. The summed E-state index contributed by atoms with van der Waals surface area (Å²) in [4.78, 5) is 0. The molecule has 3 heterocycles. The van der Waals surface area contributed by atoms with E-state index in [1.165, 1.54) is 5.56 Å². The molecule has 2 atom stereocenters. The van der Waals surface area contributed by atoms with Gasteiger partial charge in [0.2, 0.25) is 6.23 Å². The van der Waals surface area contributed by atoms with Crippen molar-refractivity contribution in [3.8, 4) is 5.75 Å². The number of ether oxygens (including phenoxy) is 1. The number of nitrogens with zero attached hydrogens (tertiary/aromatic N) is 2. The van der Waals surface area contributed by atoms with Gasteiger partial charge in [0.1, 0.15) is 17.2 Å². The molecular formula is C23H21BrN2O2. The third-order valence-corrected chi connectivity index (χ3v) is 5.94. The molecule has 2 aliphatic heterocycles. The molecule has 1 aromatic heterocycles. The van der Waals surface area contributed by atoms with E-state index in [1.807, 2.05) is 24.3 Å². The van der Waals surface area contributed by atoms with Crippen LogP contribution in [0.25, 0.3) is 0 Å². The Kier molecular flexibility index (Phi) is 4.27. The van der Waals surface area contributed by atoms with Gasteiger partial charge >= 0.3 is 0 Å². The average molecular weight is 437 g/mol. The number of hydrogen-bond acceptors (Lipinski definition) is 4. The lowest BCUT2D eigenvalue weighted by Gasteiger charge is -2.38. The van der Waals surface area contributed by atoms with Crippen molar-refractivity contribution < 1.29 is 9.15 Å². The molecule has 0 amide bonds. The number of halogens is 1. The zero-order chi connectivity index (χ0) is 19.3. The second kappa shape index (κ2) is 6.82. The third kappa shape index (κ3) is 2.94. The molecule has 0 bridgehead atoms.